The maximum Gasteiger partial charge on any atom is 0.184 e. The van der Waals surface area contributed by atoms with Gasteiger partial charge in [-0.1, -0.05) is 36.4 Å². The summed E-state index contributed by atoms with van der Waals surface area (Å²) >= 11 is 0. The normalized spacial score (nSPS) is 17.0. The molecular formula is C19H18N2O. The van der Waals surface area contributed by atoms with E-state index in [1.165, 1.54) is 11.3 Å². The minimum absolute atomic E-state index is 0.168. The fourth-order valence-electron chi connectivity index (χ4n) is 3.41. The van der Waals surface area contributed by atoms with Crippen molar-refractivity contribution in [2.24, 2.45) is 0 Å². The molecule has 2 aromatic carbocycles. The lowest BCUT2D eigenvalue weighted by Gasteiger charge is -2.23. The maximum absolute atomic E-state index is 12.8. The van der Waals surface area contributed by atoms with E-state index in [1.54, 1.807) is 0 Å². The van der Waals surface area contributed by atoms with Gasteiger partial charge in [0, 0.05) is 34.4 Å². The van der Waals surface area contributed by atoms with Crippen molar-refractivity contribution in [1.82, 2.24) is 4.98 Å². The summed E-state index contributed by atoms with van der Waals surface area (Å²) in [4.78, 5) is 18.2. The van der Waals surface area contributed by atoms with Crippen molar-refractivity contribution in [1.29, 1.82) is 0 Å². The van der Waals surface area contributed by atoms with Gasteiger partial charge in [-0.2, -0.15) is 0 Å². The Morgan fingerprint density at radius 1 is 1.18 bits per heavy atom. The molecule has 0 saturated heterocycles. The van der Waals surface area contributed by atoms with E-state index in [0.29, 0.717) is 12.6 Å². The number of carbonyl (C=O) groups is 1. The van der Waals surface area contributed by atoms with Gasteiger partial charge in [-0.25, -0.2) is 0 Å². The predicted molar refractivity (Wildman–Crippen MR) is 89.6 cm³/mol. The fraction of sp³-hybridized carbons (Fsp3) is 0.211. The second-order valence-corrected chi connectivity index (χ2v) is 5.98. The van der Waals surface area contributed by atoms with Gasteiger partial charge >= 0.3 is 0 Å². The van der Waals surface area contributed by atoms with Crippen LogP contribution in [0.5, 0.6) is 0 Å². The van der Waals surface area contributed by atoms with Gasteiger partial charge in [0.2, 0.25) is 0 Å². The van der Waals surface area contributed by atoms with E-state index in [-0.39, 0.29) is 5.78 Å². The van der Waals surface area contributed by atoms with Crippen LogP contribution in [-0.4, -0.2) is 23.4 Å². The molecule has 1 aliphatic rings. The summed E-state index contributed by atoms with van der Waals surface area (Å²) in [6, 6.07) is 16.7. The number of benzene rings is 2. The molecule has 0 aliphatic carbocycles. The standard InChI is InChI=1S/C19H18N2O/c1-13-10-14-6-2-5-9-18(14)21(13)12-19(22)16-11-20-17-8-4-3-7-15(16)17/h2-9,11,13,20H,10,12H2,1H3. The number of ketones is 1. The summed E-state index contributed by atoms with van der Waals surface area (Å²) in [5.41, 5.74) is 4.33. The Balaban J connectivity index is 1.65. The molecule has 0 radical (unpaired) electrons. The zero-order valence-corrected chi connectivity index (χ0v) is 12.5. The molecule has 3 aromatic rings. The lowest BCUT2D eigenvalue weighted by molar-refractivity contribution is 0.0999. The van der Waals surface area contributed by atoms with Crippen molar-refractivity contribution in [3.63, 3.8) is 0 Å². The number of anilines is 1. The number of H-pyrrole nitrogens is 1. The third-order valence-corrected chi connectivity index (χ3v) is 4.55. The Morgan fingerprint density at radius 2 is 1.95 bits per heavy atom. The molecule has 1 aromatic heterocycles. The van der Waals surface area contributed by atoms with E-state index in [2.05, 4.69) is 35.0 Å². The number of fused-ring (bicyclic) bond motifs is 2. The van der Waals surface area contributed by atoms with Crippen molar-refractivity contribution in [2.45, 2.75) is 19.4 Å². The Hall–Kier alpha value is -2.55. The van der Waals surface area contributed by atoms with Crippen LogP contribution in [0, 0.1) is 0 Å². The number of carbonyl (C=O) groups excluding carboxylic acids is 1. The Kier molecular flexibility index (Phi) is 3.00. The average molecular weight is 290 g/mol. The smallest absolute Gasteiger partial charge is 0.184 e. The summed E-state index contributed by atoms with van der Waals surface area (Å²) < 4.78 is 0. The van der Waals surface area contributed by atoms with Gasteiger partial charge in [0.1, 0.15) is 0 Å². The number of nitrogens with zero attached hydrogens (tertiary/aromatic N) is 1. The fourth-order valence-corrected chi connectivity index (χ4v) is 3.41. The van der Waals surface area contributed by atoms with Gasteiger partial charge < -0.3 is 9.88 Å². The summed E-state index contributed by atoms with van der Waals surface area (Å²) in [6.07, 6.45) is 2.84. The highest BCUT2D eigenvalue weighted by Gasteiger charge is 2.27. The van der Waals surface area contributed by atoms with E-state index in [9.17, 15) is 4.79 Å². The molecule has 1 aliphatic heterocycles. The highest BCUT2D eigenvalue weighted by atomic mass is 16.1. The molecule has 0 fully saturated rings. The quantitative estimate of drug-likeness (QED) is 0.745. The maximum atomic E-state index is 12.8. The van der Waals surface area contributed by atoms with Crippen molar-refractivity contribution in [2.75, 3.05) is 11.4 Å². The second-order valence-electron chi connectivity index (χ2n) is 5.98. The molecule has 1 atom stereocenters. The first kappa shape index (κ1) is 13.1. The summed E-state index contributed by atoms with van der Waals surface area (Å²) in [6.45, 7) is 2.61. The summed E-state index contributed by atoms with van der Waals surface area (Å²) in [7, 11) is 0. The topological polar surface area (TPSA) is 36.1 Å². The molecule has 0 saturated carbocycles. The Bertz CT molecular complexity index is 849. The van der Waals surface area contributed by atoms with Crippen LogP contribution in [0.4, 0.5) is 5.69 Å². The lowest BCUT2D eigenvalue weighted by atomic mass is 10.1. The van der Waals surface area contributed by atoms with E-state index < -0.39 is 0 Å². The number of hydrogen-bond acceptors (Lipinski definition) is 2. The van der Waals surface area contributed by atoms with Crippen LogP contribution < -0.4 is 4.90 Å². The Morgan fingerprint density at radius 3 is 2.86 bits per heavy atom. The van der Waals surface area contributed by atoms with E-state index in [4.69, 9.17) is 0 Å². The number of rotatable bonds is 3. The van der Waals surface area contributed by atoms with Crippen LogP contribution in [0.15, 0.2) is 54.7 Å². The van der Waals surface area contributed by atoms with E-state index in [1.807, 2.05) is 36.5 Å². The molecule has 1 N–H and O–H groups in total. The Labute approximate surface area is 129 Å². The van der Waals surface area contributed by atoms with Crippen LogP contribution in [0.3, 0.4) is 0 Å². The highest BCUT2D eigenvalue weighted by molar-refractivity contribution is 6.09. The third kappa shape index (κ3) is 2.01. The molecule has 3 nitrogen and oxygen atoms in total. The van der Waals surface area contributed by atoms with Gasteiger partial charge in [-0.3, -0.25) is 4.79 Å². The molecule has 3 heteroatoms. The number of para-hydroxylation sites is 2. The van der Waals surface area contributed by atoms with Crippen LogP contribution in [0.25, 0.3) is 10.9 Å². The molecular weight excluding hydrogens is 272 g/mol. The third-order valence-electron chi connectivity index (χ3n) is 4.55. The average Bonchev–Trinajstić information content (AvgIpc) is 3.09. The largest absolute Gasteiger partial charge is 0.361 e. The molecule has 0 amide bonds. The molecule has 22 heavy (non-hydrogen) atoms. The minimum atomic E-state index is 0.168. The van der Waals surface area contributed by atoms with Gasteiger partial charge in [-0.15, -0.1) is 0 Å². The molecule has 0 bridgehead atoms. The van der Waals surface area contributed by atoms with Gasteiger partial charge in [-0.05, 0) is 31.0 Å². The number of Topliss-reactive ketones (excluding diaryl/α,β-unsaturated/α-hetero) is 1. The highest BCUT2D eigenvalue weighted by Crippen LogP contribution is 2.32. The lowest BCUT2D eigenvalue weighted by Crippen LogP contribution is -2.34. The number of hydrogen-bond donors (Lipinski definition) is 1. The van der Waals surface area contributed by atoms with Crippen molar-refractivity contribution in [3.8, 4) is 0 Å². The zero-order valence-electron chi connectivity index (χ0n) is 12.5. The van der Waals surface area contributed by atoms with Crippen LogP contribution >= 0.6 is 0 Å². The molecule has 110 valence electrons. The van der Waals surface area contributed by atoms with Crippen molar-refractivity contribution >= 4 is 22.4 Å². The number of aromatic nitrogens is 1. The predicted octanol–water partition coefficient (Wildman–Crippen LogP) is 3.80. The van der Waals surface area contributed by atoms with Crippen molar-refractivity contribution in [3.05, 3.63) is 65.9 Å². The zero-order chi connectivity index (χ0) is 15.1. The second kappa shape index (κ2) is 5.02. The summed E-state index contributed by atoms with van der Waals surface area (Å²) in [5.74, 6) is 0.168. The van der Waals surface area contributed by atoms with E-state index >= 15 is 0 Å². The minimum Gasteiger partial charge on any atom is -0.361 e. The van der Waals surface area contributed by atoms with Crippen LogP contribution in [-0.2, 0) is 6.42 Å². The molecule has 2 heterocycles. The first-order valence-electron chi connectivity index (χ1n) is 7.68. The van der Waals surface area contributed by atoms with E-state index in [0.717, 1.165) is 22.9 Å². The molecule has 0 spiro atoms. The number of aromatic amines is 1. The molecule has 4 rings (SSSR count). The van der Waals surface area contributed by atoms with Gasteiger partial charge in [0.25, 0.3) is 0 Å². The first-order valence-corrected chi connectivity index (χ1v) is 7.68. The molecule has 1 unspecified atom stereocenters. The first-order chi connectivity index (χ1) is 10.7. The monoisotopic (exact) mass is 290 g/mol. The number of nitrogens with one attached hydrogen (secondary N) is 1. The van der Waals surface area contributed by atoms with Gasteiger partial charge in [0.05, 0.1) is 6.54 Å². The summed E-state index contributed by atoms with van der Waals surface area (Å²) in [5, 5.41) is 1.01. The van der Waals surface area contributed by atoms with Gasteiger partial charge in [0.15, 0.2) is 5.78 Å². The SMILES string of the molecule is CC1Cc2ccccc2N1CC(=O)c1c[nH]c2ccccc12. The van der Waals surface area contributed by atoms with Crippen LogP contribution in [0.1, 0.15) is 22.8 Å². The van der Waals surface area contributed by atoms with Crippen molar-refractivity contribution < 1.29 is 4.79 Å². The van der Waals surface area contributed by atoms with Crippen LogP contribution in [0.2, 0.25) is 0 Å².